The number of para-hydroxylation sites is 1. The van der Waals surface area contributed by atoms with E-state index in [0.717, 1.165) is 0 Å². The fourth-order valence-corrected chi connectivity index (χ4v) is 3.24. The van der Waals surface area contributed by atoms with Crippen LogP contribution in [0, 0.1) is 0 Å². The Kier molecular flexibility index (Phi) is 3.39. The summed E-state index contributed by atoms with van der Waals surface area (Å²) in [4.78, 5) is 0. The molecule has 2 aromatic carbocycles. The molecule has 0 radical (unpaired) electrons. The first-order chi connectivity index (χ1) is 11.6. The summed E-state index contributed by atoms with van der Waals surface area (Å²) in [6.45, 7) is 0. The van der Waals surface area contributed by atoms with E-state index in [1.54, 1.807) is 35.0 Å². The smallest absolute Gasteiger partial charge is 0.212 e. The lowest BCUT2D eigenvalue weighted by Crippen LogP contribution is -2.13. The number of aromatic nitrogens is 3. The molecule has 3 N–H and O–H groups in total. The predicted octanol–water partition coefficient (Wildman–Crippen LogP) is 2.42. The quantitative estimate of drug-likeness (QED) is 0.619. The van der Waals surface area contributed by atoms with Crippen LogP contribution in [-0.4, -0.2) is 41.7 Å². The Labute approximate surface area is 140 Å². The van der Waals surface area contributed by atoms with Gasteiger partial charge in [-0.25, -0.2) is 0 Å². The van der Waals surface area contributed by atoms with E-state index in [9.17, 15) is 15.3 Å². The molecule has 0 unspecified atom stereocenters. The zero-order valence-corrected chi connectivity index (χ0v) is 13.1. The van der Waals surface area contributed by atoms with Crippen molar-refractivity contribution >= 4 is 17.5 Å². The molecule has 120 valence electrons. The Morgan fingerprint density at radius 2 is 1.75 bits per heavy atom. The van der Waals surface area contributed by atoms with Gasteiger partial charge in [-0.05, 0) is 30.3 Å². The van der Waals surface area contributed by atoms with Crippen molar-refractivity contribution in [2.45, 2.75) is 5.16 Å². The minimum atomic E-state index is -0.198. The summed E-state index contributed by atoms with van der Waals surface area (Å²) in [7, 11) is 0. The number of hydrogen-bond donors (Lipinski definition) is 3. The third-order valence-electron chi connectivity index (χ3n) is 3.62. The lowest BCUT2D eigenvalue weighted by molar-refractivity contribution is 0.403. The highest BCUT2D eigenvalue weighted by molar-refractivity contribution is 7.99. The van der Waals surface area contributed by atoms with Crippen LogP contribution in [-0.2, 0) is 0 Å². The summed E-state index contributed by atoms with van der Waals surface area (Å²) in [6, 6.07) is 11.4. The van der Waals surface area contributed by atoms with Gasteiger partial charge in [0.1, 0.15) is 5.75 Å². The molecule has 0 aliphatic carbocycles. The van der Waals surface area contributed by atoms with Gasteiger partial charge in [0.25, 0.3) is 0 Å². The van der Waals surface area contributed by atoms with Crippen LogP contribution in [0.3, 0.4) is 0 Å². The van der Waals surface area contributed by atoms with Gasteiger partial charge in [0.2, 0.25) is 5.16 Å². The van der Waals surface area contributed by atoms with Crippen LogP contribution >= 0.6 is 11.8 Å². The molecule has 0 amide bonds. The minimum Gasteiger partial charge on any atom is -0.507 e. The molecule has 3 aromatic rings. The van der Waals surface area contributed by atoms with Crippen LogP contribution < -0.4 is 0 Å². The minimum absolute atomic E-state index is 0.0994. The lowest BCUT2D eigenvalue weighted by Gasteiger charge is -2.14. The molecule has 0 fully saturated rings. The van der Waals surface area contributed by atoms with Gasteiger partial charge in [0.15, 0.2) is 17.3 Å². The van der Waals surface area contributed by atoms with Crippen molar-refractivity contribution in [2.75, 3.05) is 5.75 Å². The maximum absolute atomic E-state index is 10.0. The molecule has 7 nitrogen and oxygen atoms in total. The normalized spacial score (nSPS) is 13.4. The van der Waals surface area contributed by atoms with Crippen molar-refractivity contribution in [3.05, 3.63) is 48.0 Å². The summed E-state index contributed by atoms with van der Waals surface area (Å²) < 4.78 is 1.57. The molecule has 4 rings (SSSR count). The van der Waals surface area contributed by atoms with Crippen molar-refractivity contribution < 1.29 is 15.3 Å². The number of thioether (sulfide) groups is 1. The molecule has 0 saturated carbocycles. The number of benzene rings is 2. The highest BCUT2D eigenvalue weighted by atomic mass is 32.2. The molecule has 2 heterocycles. The summed E-state index contributed by atoms with van der Waals surface area (Å²) in [5.41, 5.74) is 1.94. The molecular weight excluding hydrogens is 328 g/mol. The van der Waals surface area contributed by atoms with E-state index in [1.165, 1.54) is 23.9 Å². The third kappa shape index (κ3) is 2.37. The summed E-state index contributed by atoms with van der Waals surface area (Å²) >= 11 is 1.46. The second-order valence-electron chi connectivity index (χ2n) is 5.17. The molecule has 0 spiro atoms. The molecule has 24 heavy (non-hydrogen) atoms. The van der Waals surface area contributed by atoms with Crippen LogP contribution in [0.2, 0.25) is 0 Å². The van der Waals surface area contributed by atoms with E-state index in [-0.39, 0.29) is 17.2 Å². The largest absolute Gasteiger partial charge is 0.507 e. The zero-order chi connectivity index (χ0) is 16.7. The van der Waals surface area contributed by atoms with Crippen molar-refractivity contribution in [3.8, 4) is 28.6 Å². The van der Waals surface area contributed by atoms with Crippen molar-refractivity contribution in [1.29, 1.82) is 0 Å². The van der Waals surface area contributed by atoms with Gasteiger partial charge in [-0.3, -0.25) is 0 Å². The summed E-state index contributed by atoms with van der Waals surface area (Å²) in [5.74, 6) is 0.722. The van der Waals surface area contributed by atoms with Gasteiger partial charge in [-0.15, -0.1) is 10.2 Å². The Bertz CT molecular complexity index is 968. The predicted molar refractivity (Wildman–Crippen MR) is 89.6 cm³/mol. The Hall–Kier alpha value is -3.00. The van der Waals surface area contributed by atoms with Gasteiger partial charge in [0, 0.05) is 11.3 Å². The topological polar surface area (TPSA) is 104 Å². The van der Waals surface area contributed by atoms with Gasteiger partial charge < -0.3 is 15.3 Å². The van der Waals surface area contributed by atoms with E-state index < -0.39 is 0 Å². The van der Waals surface area contributed by atoms with Gasteiger partial charge >= 0.3 is 0 Å². The number of aromatic hydroxyl groups is 3. The van der Waals surface area contributed by atoms with Crippen LogP contribution in [0.5, 0.6) is 17.2 Å². The van der Waals surface area contributed by atoms with Gasteiger partial charge in [0.05, 0.1) is 11.3 Å². The first kappa shape index (κ1) is 14.6. The van der Waals surface area contributed by atoms with Crippen LogP contribution in [0.1, 0.15) is 5.56 Å². The molecule has 8 heteroatoms. The van der Waals surface area contributed by atoms with E-state index in [4.69, 9.17) is 0 Å². The first-order valence-corrected chi connectivity index (χ1v) is 8.09. The molecule has 0 atom stereocenters. The zero-order valence-electron chi connectivity index (χ0n) is 12.3. The van der Waals surface area contributed by atoms with Crippen molar-refractivity contribution in [3.63, 3.8) is 0 Å². The molecule has 0 saturated heterocycles. The summed E-state index contributed by atoms with van der Waals surface area (Å²) in [6.07, 6.45) is 0. The molecule has 1 aliphatic rings. The first-order valence-electron chi connectivity index (χ1n) is 7.10. The van der Waals surface area contributed by atoms with Crippen LogP contribution in [0.4, 0.5) is 0 Å². The average Bonchev–Trinajstić information content (AvgIpc) is 3.01. The molecule has 0 bridgehead atoms. The highest BCUT2D eigenvalue weighted by Crippen LogP contribution is 2.33. The monoisotopic (exact) mass is 340 g/mol. The fraction of sp³-hybridized carbons (Fsp3) is 0.0625. The number of fused-ring (bicyclic) bond motifs is 1. The maximum Gasteiger partial charge on any atom is 0.212 e. The van der Waals surface area contributed by atoms with E-state index in [1.807, 2.05) is 0 Å². The SMILES string of the molecule is Oc1ccc(C2=Nn3c(nnc3-c3ccccc3O)SC2)cc1O. The van der Waals surface area contributed by atoms with E-state index >= 15 is 0 Å². The second-order valence-corrected chi connectivity index (χ2v) is 6.12. The van der Waals surface area contributed by atoms with Gasteiger partial charge in [-0.1, -0.05) is 23.9 Å². The average molecular weight is 340 g/mol. The van der Waals surface area contributed by atoms with Crippen LogP contribution in [0.15, 0.2) is 52.7 Å². The standard InChI is InChI=1S/C16H12N4O3S/c21-12-4-2-1-3-10(12)15-17-18-16-20(15)19-11(8-24-16)9-5-6-13(22)14(23)7-9/h1-7,21-23H,8H2. The van der Waals surface area contributed by atoms with Crippen molar-refractivity contribution in [1.82, 2.24) is 14.9 Å². The summed E-state index contributed by atoms with van der Waals surface area (Å²) in [5, 5.41) is 42.6. The molecular formula is C16H12N4O3S. The lowest BCUT2D eigenvalue weighted by atomic mass is 10.1. The van der Waals surface area contributed by atoms with Gasteiger partial charge in [-0.2, -0.15) is 9.78 Å². The highest BCUT2D eigenvalue weighted by Gasteiger charge is 2.22. The molecule has 1 aromatic heterocycles. The fourth-order valence-electron chi connectivity index (χ4n) is 2.40. The third-order valence-corrected chi connectivity index (χ3v) is 4.55. The molecule has 1 aliphatic heterocycles. The Morgan fingerprint density at radius 1 is 0.917 bits per heavy atom. The van der Waals surface area contributed by atoms with E-state index in [2.05, 4.69) is 15.3 Å². The Morgan fingerprint density at radius 3 is 2.54 bits per heavy atom. The Balaban J connectivity index is 1.82. The van der Waals surface area contributed by atoms with Crippen molar-refractivity contribution in [2.24, 2.45) is 5.10 Å². The number of nitrogens with zero attached hydrogens (tertiary/aromatic N) is 4. The maximum atomic E-state index is 10.0. The number of phenols is 3. The second kappa shape index (κ2) is 5.57. The number of phenolic OH excluding ortho intramolecular Hbond substituents is 3. The van der Waals surface area contributed by atoms with Crippen LogP contribution in [0.25, 0.3) is 11.4 Å². The van der Waals surface area contributed by atoms with E-state index in [0.29, 0.717) is 33.6 Å². The number of rotatable bonds is 2. The number of hydrogen-bond acceptors (Lipinski definition) is 7.